The Kier molecular flexibility index (Phi) is 5.02. The van der Waals surface area contributed by atoms with Gasteiger partial charge in [0.1, 0.15) is 5.82 Å². The van der Waals surface area contributed by atoms with Crippen LogP contribution >= 0.6 is 11.6 Å². The third-order valence-electron chi connectivity index (χ3n) is 5.83. The van der Waals surface area contributed by atoms with E-state index >= 15 is 0 Å². The van der Waals surface area contributed by atoms with Crippen LogP contribution in [0.4, 0.5) is 11.5 Å². The van der Waals surface area contributed by atoms with Gasteiger partial charge in [0.05, 0.1) is 16.1 Å². The molecule has 2 fully saturated rings. The van der Waals surface area contributed by atoms with E-state index in [1.54, 1.807) is 25.1 Å². The summed E-state index contributed by atoms with van der Waals surface area (Å²) in [6.07, 6.45) is 5.85. The number of benzene rings is 1. The van der Waals surface area contributed by atoms with Crippen molar-refractivity contribution in [3.05, 3.63) is 40.8 Å². The zero-order valence-corrected chi connectivity index (χ0v) is 18.0. The van der Waals surface area contributed by atoms with E-state index in [2.05, 4.69) is 20.2 Å². The first-order valence-corrected chi connectivity index (χ1v) is 11.8. The molecule has 1 spiro atoms. The van der Waals surface area contributed by atoms with Crippen molar-refractivity contribution in [3.63, 3.8) is 0 Å². The highest BCUT2D eigenvalue weighted by Gasteiger charge is 2.44. The molecule has 1 aromatic carbocycles. The zero-order valence-electron chi connectivity index (χ0n) is 16.4. The highest BCUT2D eigenvalue weighted by Crippen LogP contribution is 2.54. The van der Waals surface area contributed by atoms with Crippen molar-refractivity contribution in [2.45, 2.75) is 37.5 Å². The minimum Gasteiger partial charge on any atom is -0.371 e. The van der Waals surface area contributed by atoms with Gasteiger partial charge in [0.25, 0.3) is 5.91 Å². The van der Waals surface area contributed by atoms with Gasteiger partial charge >= 0.3 is 0 Å². The van der Waals surface area contributed by atoms with Crippen LogP contribution in [-0.4, -0.2) is 43.6 Å². The first-order valence-electron chi connectivity index (χ1n) is 9.57. The van der Waals surface area contributed by atoms with Crippen LogP contribution in [0.2, 0.25) is 5.28 Å². The van der Waals surface area contributed by atoms with Gasteiger partial charge < -0.3 is 10.2 Å². The van der Waals surface area contributed by atoms with E-state index in [1.165, 1.54) is 25.2 Å². The number of sulfone groups is 1. The standard InChI is InChI=1S/C20H23ClN4O3S/c1-13-11-17(24-19(21)22-13)23-18(26)15-4-3-14(29(2,27)28)12-16(15)25-9-7-20(5-6-20)8-10-25/h3-4,11-12H,5-10H2,1-2H3,(H,22,23,24,26). The molecular weight excluding hydrogens is 412 g/mol. The number of amides is 1. The third kappa shape index (κ3) is 4.38. The maximum absolute atomic E-state index is 13.0. The fraction of sp³-hybridized carbons (Fsp3) is 0.450. The number of nitrogens with one attached hydrogen (secondary N) is 1. The molecule has 29 heavy (non-hydrogen) atoms. The SMILES string of the molecule is Cc1cc(NC(=O)c2ccc(S(C)(=O)=O)cc2N2CCC3(CC2)CC3)nc(Cl)n1. The molecular formula is C20H23ClN4O3S. The molecule has 7 nitrogen and oxygen atoms in total. The lowest BCUT2D eigenvalue weighted by Gasteiger charge is -2.35. The highest BCUT2D eigenvalue weighted by molar-refractivity contribution is 7.90. The van der Waals surface area contributed by atoms with Crippen LogP contribution in [0.5, 0.6) is 0 Å². The van der Waals surface area contributed by atoms with Gasteiger partial charge in [-0.1, -0.05) is 0 Å². The number of carbonyl (C=O) groups excluding carboxylic acids is 1. The maximum Gasteiger partial charge on any atom is 0.258 e. The minimum absolute atomic E-state index is 0.0544. The Labute approximate surface area is 175 Å². The smallest absolute Gasteiger partial charge is 0.258 e. The second-order valence-corrected chi connectivity index (χ2v) is 10.4. The Balaban J connectivity index is 1.66. The normalized spacial score (nSPS) is 18.0. The van der Waals surface area contributed by atoms with Gasteiger partial charge in [-0.15, -0.1) is 0 Å². The predicted octanol–water partition coefficient (Wildman–Crippen LogP) is 3.47. The molecule has 2 aliphatic rings. The van der Waals surface area contributed by atoms with Gasteiger partial charge in [0.15, 0.2) is 9.84 Å². The molecule has 0 bridgehead atoms. The van der Waals surface area contributed by atoms with Crippen molar-refractivity contribution >= 4 is 38.9 Å². The topological polar surface area (TPSA) is 92.3 Å². The van der Waals surface area contributed by atoms with Crippen molar-refractivity contribution in [2.24, 2.45) is 5.41 Å². The summed E-state index contributed by atoms with van der Waals surface area (Å²) in [5, 5.41) is 2.81. The van der Waals surface area contributed by atoms with Crippen LogP contribution in [0.25, 0.3) is 0 Å². The van der Waals surface area contributed by atoms with Crippen LogP contribution < -0.4 is 10.2 Å². The Morgan fingerprint density at radius 3 is 2.41 bits per heavy atom. The Hall–Kier alpha value is -2.19. The van der Waals surface area contributed by atoms with E-state index in [4.69, 9.17) is 11.6 Å². The van der Waals surface area contributed by atoms with Crippen molar-refractivity contribution < 1.29 is 13.2 Å². The van der Waals surface area contributed by atoms with E-state index in [0.29, 0.717) is 28.2 Å². The van der Waals surface area contributed by atoms with Crippen molar-refractivity contribution in [1.29, 1.82) is 0 Å². The molecule has 2 aromatic rings. The molecule has 1 amide bonds. The van der Waals surface area contributed by atoms with Gasteiger partial charge in [-0.2, -0.15) is 0 Å². The molecule has 2 heterocycles. The summed E-state index contributed by atoms with van der Waals surface area (Å²) in [5.74, 6) is -0.0536. The summed E-state index contributed by atoms with van der Waals surface area (Å²) < 4.78 is 24.2. The summed E-state index contributed by atoms with van der Waals surface area (Å²) in [7, 11) is -3.38. The first kappa shape index (κ1) is 20.1. The number of halogens is 1. The first-order chi connectivity index (χ1) is 13.7. The molecule has 0 unspecified atom stereocenters. The van der Waals surface area contributed by atoms with E-state index < -0.39 is 9.84 Å². The summed E-state index contributed by atoms with van der Waals surface area (Å²) in [6.45, 7) is 3.38. The highest BCUT2D eigenvalue weighted by atomic mass is 35.5. The Bertz CT molecular complexity index is 1050. The lowest BCUT2D eigenvalue weighted by atomic mass is 9.93. The molecule has 4 rings (SSSR count). The van der Waals surface area contributed by atoms with E-state index in [9.17, 15) is 13.2 Å². The molecule has 1 aliphatic heterocycles. The van der Waals surface area contributed by atoms with Gasteiger partial charge in [0, 0.05) is 31.1 Å². The van der Waals surface area contributed by atoms with Crippen molar-refractivity contribution in [2.75, 3.05) is 29.6 Å². The summed E-state index contributed by atoms with van der Waals surface area (Å²) in [5.41, 5.74) is 2.16. The third-order valence-corrected chi connectivity index (χ3v) is 7.11. The Morgan fingerprint density at radius 1 is 1.14 bits per heavy atom. The monoisotopic (exact) mass is 434 g/mol. The van der Waals surface area contributed by atoms with Gasteiger partial charge in [-0.05, 0) is 67.8 Å². The molecule has 9 heteroatoms. The van der Waals surface area contributed by atoms with Crippen LogP contribution in [-0.2, 0) is 9.84 Å². The van der Waals surface area contributed by atoms with Gasteiger partial charge in [-0.25, -0.2) is 18.4 Å². The summed E-state index contributed by atoms with van der Waals surface area (Å²) >= 11 is 5.89. The fourth-order valence-corrected chi connectivity index (χ4v) is 4.74. The maximum atomic E-state index is 13.0. The van der Waals surface area contributed by atoms with E-state index in [1.807, 2.05) is 0 Å². The van der Waals surface area contributed by atoms with Crippen LogP contribution in [0.15, 0.2) is 29.2 Å². The fourth-order valence-electron chi connectivity index (χ4n) is 3.87. The number of hydrogen-bond acceptors (Lipinski definition) is 6. The average molecular weight is 435 g/mol. The second kappa shape index (κ2) is 7.25. The zero-order chi connectivity index (χ0) is 20.8. The van der Waals surface area contributed by atoms with Crippen LogP contribution in [0.1, 0.15) is 41.7 Å². The number of piperidine rings is 1. The van der Waals surface area contributed by atoms with Crippen molar-refractivity contribution in [3.8, 4) is 0 Å². The number of aryl methyl sites for hydroxylation is 1. The lowest BCUT2D eigenvalue weighted by molar-refractivity contribution is 0.102. The predicted molar refractivity (Wildman–Crippen MR) is 112 cm³/mol. The summed E-state index contributed by atoms with van der Waals surface area (Å²) in [6, 6.07) is 6.27. The molecule has 154 valence electrons. The van der Waals surface area contributed by atoms with Crippen LogP contribution in [0, 0.1) is 12.3 Å². The van der Waals surface area contributed by atoms with Gasteiger partial charge in [0.2, 0.25) is 5.28 Å². The average Bonchev–Trinajstić information content (AvgIpc) is 3.39. The van der Waals surface area contributed by atoms with E-state index in [-0.39, 0.29) is 16.1 Å². The molecule has 1 saturated heterocycles. The number of aromatic nitrogens is 2. The van der Waals surface area contributed by atoms with Gasteiger partial charge in [-0.3, -0.25) is 4.79 Å². The molecule has 1 N–H and O–H groups in total. The minimum atomic E-state index is -3.38. The molecule has 0 atom stereocenters. The summed E-state index contributed by atoms with van der Waals surface area (Å²) in [4.78, 5) is 23.4. The van der Waals surface area contributed by atoms with Crippen molar-refractivity contribution in [1.82, 2.24) is 9.97 Å². The van der Waals surface area contributed by atoms with E-state index in [0.717, 1.165) is 25.9 Å². The Morgan fingerprint density at radius 2 is 1.83 bits per heavy atom. The number of carbonyl (C=O) groups is 1. The number of hydrogen-bond donors (Lipinski definition) is 1. The number of nitrogens with zero attached hydrogens (tertiary/aromatic N) is 3. The molecule has 1 aliphatic carbocycles. The van der Waals surface area contributed by atoms with Crippen LogP contribution in [0.3, 0.4) is 0 Å². The second-order valence-electron chi connectivity index (χ2n) is 8.06. The molecule has 1 aromatic heterocycles. The molecule has 1 saturated carbocycles. The number of rotatable bonds is 4. The lowest BCUT2D eigenvalue weighted by Crippen LogP contribution is -2.35. The largest absolute Gasteiger partial charge is 0.371 e. The quantitative estimate of drug-likeness (QED) is 0.740. The molecule has 0 radical (unpaired) electrons. The number of anilines is 2.